The maximum absolute atomic E-state index is 12.3. The average molecular weight is 236 g/mol. The summed E-state index contributed by atoms with van der Waals surface area (Å²) in [6, 6.07) is 0.150. The lowest BCUT2D eigenvalue weighted by atomic mass is 9.92. The first-order valence-electron chi connectivity index (χ1n) is 6.10. The summed E-state index contributed by atoms with van der Waals surface area (Å²) in [5.74, 6) is 0.483. The number of nitrogens with two attached hydrogens (primary N) is 1. The standard InChI is InChI=1S/C12H20N4O/c1-9(13)10-4-3-5-16(7-10)12(17)11-6-14-8-15(11)2/h6,8-10H,3-5,7,13H2,1-2H3. The topological polar surface area (TPSA) is 64.2 Å². The highest BCUT2D eigenvalue weighted by molar-refractivity contribution is 5.92. The molecule has 1 aromatic rings. The molecule has 1 aliphatic rings. The molecule has 0 aliphatic carbocycles. The van der Waals surface area contributed by atoms with Crippen LogP contribution in [0.5, 0.6) is 0 Å². The van der Waals surface area contributed by atoms with Crippen LogP contribution in [0.4, 0.5) is 0 Å². The zero-order chi connectivity index (χ0) is 12.4. The SMILES string of the molecule is CC(N)C1CCCN(C(=O)c2cncn2C)C1. The number of imidazole rings is 1. The number of carbonyl (C=O) groups excluding carboxylic acids is 1. The number of hydrogen-bond acceptors (Lipinski definition) is 3. The third-order valence-electron chi connectivity index (χ3n) is 3.52. The van der Waals surface area contributed by atoms with E-state index < -0.39 is 0 Å². The van der Waals surface area contributed by atoms with Crippen LogP contribution in [-0.2, 0) is 7.05 Å². The number of aromatic nitrogens is 2. The molecule has 0 spiro atoms. The molecule has 1 amide bonds. The van der Waals surface area contributed by atoms with Crippen molar-refractivity contribution in [1.29, 1.82) is 0 Å². The van der Waals surface area contributed by atoms with Crippen LogP contribution in [0.3, 0.4) is 0 Å². The first kappa shape index (κ1) is 12.1. The molecule has 0 bridgehead atoms. The number of carbonyl (C=O) groups is 1. The van der Waals surface area contributed by atoms with E-state index in [1.165, 1.54) is 0 Å². The zero-order valence-electron chi connectivity index (χ0n) is 10.5. The Kier molecular flexibility index (Phi) is 3.47. The van der Waals surface area contributed by atoms with Gasteiger partial charge in [-0.25, -0.2) is 4.98 Å². The van der Waals surface area contributed by atoms with Crippen LogP contribution >= 0.6 is 0 Å². The number of rotatable bonds is 2. The first-order valence-corrected chi connectivity index (χ1v) is 6.10. The van der Waals surface area contributed by atoms with Crippen molar-refractivity contribution in [2.45, 2.75) is 25.8 Å². The van der Waals surface area contributed by atoms with Crippen molar-refractivity contribution in [3.63, 3.8) is 0 Å². The van der Waals surface area contributed by atoms with Gasteiger partial charge >= 0.3 is 0 Å². The van der Waals surface area contributed by atoms with Crippen LogP contribution in [0.1, 0.15) is 30.3 Å². The van der Waals surface area contributed by atoms with Gasteiger partial charge in [0.15, 0.2) is 0 Å². The molecule has 5 nitrogen and oxygen atoms in total. The van der Waals surface area contributed by atoms with Gasteiger partial charge in [0.2, 0.25) is 0 Å². The minimum Gasteiger partial charge on any atom is -0.337 e. The predicted molar refractivity (Wildman–Crippen MR) is 65.5 cm³/mol. The van der Waals surface area contributed by atoms with Gasteiger partial charge in [0.1, 0.15) is 5.69 Å². The molecule has 2 heterocycles. The molecule has 1 aliphatic heterocycles. The van der Waals surface area contributed by atoms with Crippen LogP contribution in [0.25, 0.3) is 0 Å². The van der Waals surface area contributed by atoms with Crippen molar-refractivity contribution < 1.29 is 4.79 Å². The van der Waals surface area contributed by atoms with Gasteiger partial charge in [-0.15, -0.1) is 0 Å². The second-order valence-corrected chi connectivity index (χ2v) is 4.90. The molecule has 2 unspecified atom stereocenters. The third kappa shape index (κ3) is 2.49. The van der Waals surface area contributed by atoms with Gasteiger partial charge in [-0.1, -0.05) is 0 Å². The zero-order valence-corrected chi connectivity index (χ0v) is 10.5. The fourth-order valence-electron chi connectivity index (χ4n) is 2.35. The quantitative estimate of drug-likeness (QED) is 0.818. The van der Waals surface area contributed by atoms with E-state index in [1.807, 2.05) is 18.9 Å². The Labute approximate surface area is 102 Å². The van der Waals surface area contributed by atoms with Gasteiger partial charge in [0.25, 0.3) is 5.91 Å². The van der Waals surface area contributed by atoms with Gasteiger partial charge in [0.05, 0.1) is 12.5 Å². The molecule has 17 heavy (non-hydrogen) atoms. The lowest BCUT2D eigenvalue weighted by Gasteiger charge is -2.34. The lowest BCUT2D eigenvalue weighted by molar-refractivity contribution is 0.0651. The van der Waals surface area contributed by atoms with Gasteiger partial charge in [-0.2, -0.15) is 0 Å². The van der Waals surface area contributed by atoms with E-state index in [2.05, 4.69) is 4.98 Å². The molecule has 0 aromatic carbocycles. The van der Waals surface area contributed by atoms with Gasteiger partial charge in [0, 0.05) is 26.2 Å². The summed E-state index contributed by atoms with van der Waals surface area (Å²) < 4.78 is 1.76. The van der Waals surface area contributed by atoms with E-state index in [9.17, 15) is 4.79 Å². The smallest absolute Gasteiger partial charge is 0.272 e. The molecule has 94 valence electrons. The van der Waals surface area contributed by atoms with Gasteiger partial charge < -0.3 is 15.2 Å². The van der Waals surface area contributed by atoms with Crippen LogP contribution in [0.15, 0.2) is 12.5 Å². The van der Waals surface area contributed by atoms with E-state index in [0.29, 0.717) is 11.6 Å². The molecule has 5 heteroatoms. The molecule has 1 saturated heterocycles. The molecular weight excluding hydrogens is 216 g/mol. The summed E-state index contributed by atoms with van der Waals surface area (Å²) >= 11 is 0. The largest absolute Gasteiger partial charge is 0.337 e. The summed E-state index contributed by atoms with van der Waals surface area (Å²) in [5, 5.41) is 0. The second kappa shape index (κ2) is 4.87. The first-order chi connectivity index (χ1) is 8.09. The molecule has 2 atom stereocenters. The Morgan fingerprint density at radius 2 is 2.41 bits per heavy atom. The van der Waals surface area contributed by atoms with Crippen molar-refractivity contribution in [2.75, 3.05) is 13.1 Å². The van der Waals surface area contributed by atoms with Crippen LogP contribution in [0, 0.1) is 5.92 Å². The lowest BCUT2D eigenvalue weighted by Crippen LogP contribution is -2.45. The van der Waals surface area contributed by atoms with Gasteiger partial charge in [-0.3, -0.25) is 4.79 Å². The normalized spacial score (nSPS) is 22.5. The summed E-state index contributed by atoms with van der Waals surface area (Å²) in [4.78, 5) is 18.2. The van der Waals surface area contributed by atoms with E-state index in [4.69, 9.17) is 5.73 Å². The second-order valence-electron chi connectivity index (χ2n) is 4.90. The summed E-state index contributed by atoms with van der Waals surface area (Å²) in [5.41, 5.74) is 6.57. The highest BCUT2D eigenvalue weighted by Crippen LogP contribution is 2.20. The number of piperidine rings is 1. The maximum atomic E-state index is 12.3. The van der Waals surface area contributed by atoms with Crippen molar-refractivity contribution in [2.24, 2.45) is 18.7 Å². The molecule has 2 N–H and O–H groups in total. The molecular formula is C12H20N4O. The van der Waals surface area contributed by atoms with Gasteiger partial charge in [-0.05, 0) is 25.7 Å². The van der Waals surface area contributed by atoms with Crippen molar-refractivity contribution in [3.05, 3.63) is 18.2 Å². The minimum absolute atomic E-state index is 0.0651. The number of likely N-dealkylation sites (tertiary alicyclic amines) is 1. The Hall–Kier alpha value is -1.36. The number of aryl methyl sites for hydroxylation is 1. The molecule has 0 radical (unpaired) electrons. The number of hydrogen-bond donors (Lipinski definition) is 1. The third-order valence-corrected chi connectivity index (χ3v) is 3.52. The van der Waals surface area contributed by atoms with E-state index >= 15 is 0 Å². The Morgan fingerprint density at radius 1 is 1.65 bits per heavy atom. The minimum atomic E-state index is 0.0651. The molecule has 1 fully saturated rings. The number of amides is 1. The molecule has 2 rings (SSSR count). The summed E-state index contributed by atoms with van der Waals surface area (Å²) in [6.45, 7) is 3.61. The van der Waals surface area contributed by atoms with Crippen molar-refractivity contribution >= 4 is 5.91 Å². The fourth-order valence-corrected chi connectivity index (χ4v) is 2.35. The maximum Gasteiger partial charge on any atom is 0.272 e. The Bertz CT molecular complexity index is 399. The fraction of sp³-hybridized carbons (Fsp3) is 0.667. The predicted octanol–water partition coefficient (Wildman–Crippen LogP) is 0.619. The van der Waals surface area contributed by atoms with Crippen molar-refractivity contribution in [1.82, 2.24) is 14.5 Å². The summed E-state index contributed by atoms with van der Waals surface area (Å²) in [6.07, 6.45) is 5.43. The highest BCUT2D eigenvalue weighted by Gasteiger charge is 2.27. The summed E-state index contributed by atoms with van der Waals surface area (Å²) in [7, 11) is 1.84. The van der Waals surface area contributed by atoms with E-state index in [-0.39, 0.29) is 11.9 Å². The molecule has 1 aromatic heterocycles. The van der Waals surface area contributed by atoms with Crippen LogP contribution < -0.4 is 5.73 Å². The monoisotopic (exact) mass is 236 g/mol. The van der Waals surface area contributed by atoms with E-state index in [0.717, 1.165) is 25.9 Å². The highest BCUT2D eigenvalue weighted by atomic mass is 16.2. The van der Waals surface area contributed by atoms with Crippen molar-refractivity contribution in [3.8, 4) is 0 Å². The number of nitrogens with zero attached hydrogens (tertiary/aromatic N) is 3. The van der Waals surface area contributed by atoms with Crippen LogP contribution in [-0.4, -0.2) is 39.5 Å². The average Bonchev–Trinajstić information content (AvgIpc) is 2.74. The Balaban J connectivity index is 2.07. The molecule has 0 saturated carbocycles. The Morgan fingerprint density at radius 3 is 3.00 bits per heavy atom. The van der Waals surface area contributed by atoms with Crippen LogP contribution in [0.2, 0.25) is 0 Å². The van der Waals surface area contributed by atoms with E-state index in [1.54, 1.807) is 17.1 Å².